The number of furan rings is 1. The Labute approximate surface area is 162 Å². The first-order chi connectivity index (χ1) is 13.2. The van der Waals surface area contributed by atoms with Crippen LogP contribution in [0.15, 0.2) is 47.3 Å². The van der Waals surface area contributed by atoms with E-state index in [9.17, 15) is 9.59 Å². The Hall–Kier alpha value is -2.45. The number of thioether (sulfide) groups is 1. The lowest BCUT2D eigenvalue weighted by molar-refractivity contribution is -0.136. The van der Waals surface area contributed by atoms with Crippen LogP contribution in [0.3, 0.4) is 0 Å². The maximum Gasteiger partial charge on any atom is 0.313 e. The van der Waals surface area contributed by atoms with E-state index in [1.807, 2.05) is 17.8 Å². The van der Waals surface area contributed by atoms with E-state index in [0.29, 0.717) is 18.0 Å². The molecule has 1 atom stereocenters. The van der Waals surface area contributed by atoms with Crippen LogP contribution in [0.5, 0.6) is 5.75 Å². The molecule has 7 nitrogen and oxygen atoms in total. The van der Waals surface area contributed by atoms with Crippen molar-refractivity contribution in [2.24, 2.45) is 0 Å². The lowest BCUT2D eigenvalue weighted by Gasteiger charge is -2.33. The lowest BCUT2D eigenvalue weighted by atomic mass is 10.1. The van der Waals surface area contributed by atoms with Gasteiger partial charge in [0.05, 0.1) is 25.7 Å². The van der Waals surface area contributed by atoms with Crippen molar-refractivity contribution < 1.29 is 18.7 Å². The van der Waals surface area contributed by atoms with E-state index in [2.05, 4.69) is 15.5 Å². The van der Waals surface area contributed by atoms with Gasteiger partial charge in [-0.2, -0.15) is 11.8 Å². The quantitative estimate of drug-likeness (QED) is 0.737. The molecule has 0 aliphatic carbocycles. The van der Waals surface area contributed by atoms with Crippen molar-refractivity contribution in [3.63, 3.8) is 0 Å². The Morgan fingerprint density at radius 1 is 1.26 bits per heavy atom. The van der Waals surface area contributed by atoms with Crippen LogP contribution in [-0.2, 0) is 9.59 Å². The number of carbonyl (C=O) groups excluding carboxylic acids is 2. The fourth-order valence-electron chi connectivity index (χ4n) is 2.97. The summed E-state index contributed by atoms with van der Waals surface area (Å²) in [7, 11) is 1.54. The van der Waals surface area contributed by atoms with Gasteiger partial charge in [-0.1, -0.05) is 6.07 Å². The molecule has 1 saturated heterocycles. The molecule has 1 unspecified atom stereocenters. The smallest absolute Gasteiger partial charge is 0.313 e. The fraction of sp³-hybridized carbons (Fsp3) is 0.368. The van der Waals surface area contributed by atoms with E-state index in [0.717, 1.165) is 30.2 Å². The van der Waals surface area contributed by atoms with Crippen molar-refractivity contribution in [1.82, 2.24) is 10.2 Å². The van der Waals surface area contributed by atoms with E-state index >= 15 is 0 Å². The van der Waals surface area contributed by atoms with Crippen molar-refractivity contribution in [2.45, 2.75) is 6.04 Å². The van der Waals surface area contributed by atoms with Crippen molar-refractivity contribution in [3.05, 3.63) is 48.4 Å². The van der Waals surface area contributed by atoms with E-state index in [-0.39, 0.29) is 6.04 Å². The Balaban J connectivity index is 1.58. The molecule has 0 spiro atoms. The SMILES string of the molecule is COc1cccc(NC(=O)C(=O)NCC(c2ccoc2)N2CCSCC2)c1. The standard InChI is InChI=1S/C19H23N3O4S/c1-25-16-4-2-3-15(11-16)21-19(24)18(23)20-12-17(14-5-8-26-13-14)22-6-9-27-10-7-22/h2-5,8,11,13,17H,6-7,9-10,12H2,1H3,(H,20,23)(H,21,24). The second-order valence-electron chi connectivity index (χ2n) is 6.12. The average Bonchev–Trinajstić information content (AvgIpc) is 3.23. The molecule has 0 saturated carbocycles. The third-order valence-electron chi connectivity index (χ3n) is 4.40. The maximum absolute atomic E-state index is 12.3. The maximum atomic E-state index is 12.3. The number of nitrogens with zero attached hydrogens (tertiary/aromatic N) is 1. The fourth-order valence-corrected chi connectivity index (χ4v) is 3.90. The molecular weight excluding hydrogens is 366 g/mol. The van der Waals surface area contributed by atoms with Gasteiger partial charge in [0.2, 0.25) is 0 Å². The monoisotopic (exact) mass is 389 g/mol. The Kier molecular flexibility index (Phi) is 6.78. The van der Waals surface area contributed by atoms with Crippen LogP contribution in [0.2, 0.25) is 0 Å². The molecule has 0 radical (unpaired) electrons. The van der Waals surface area contributed by atoms with Gasteiger partial charge in [0.15, 0.2) is 0 Å². The molecule has 3 rings (SSSR count). The molecule has 144 valence electrons. The van der Waals surface area contributed by atoms with Crippen molar-refractivity contribution >= 4 is 29.3 Å². The number of carbonyl (C=O) groups is 2. The molecule has 2 aromatic rings. The number of hydrogen-bond donors (Lipinski definition) is 2. The van der Waals surface area contributed by atoms with Gasteiger partial charge in [-0.15, -0.1) is 0 Å². The summed E-state index contributed by atoms with van der Waals surface area (Å²) in [5, 5.41) is 5.33. The number of anilines is 1. The number of nitrogens with one attached hydrogen (secondary N) is 2. The van der Waals surface area contributed by atoms with Gasteiger partial charge in [0.1, 0.15) is 5.75 Å². The first-order valence-corrected chi connectivity index (χ1v) is 9.90. The largest absolute Gasteiger partial charge is 0.497 e. The zero-order chi connectivity index (χ0) is 19.1. The van der Waals surface area contributed by atoms with Crippen LogP contribution in [0, 0.1) is 0 Å². The minimum atomic E-state index is -0.705. The van der Waals surface area contributed by atoms with Crippen LogP contribution in [0.1, 0.15) is 11.6 Å². The molecule has 2 heterocycles. The molecule has 1 aliphatic heterocycles. The van der Waals surface area contributed by atoms with Crippen LogP contribution in [0.4, 0.5) is 5.69 Å². The lowest BCUT2D eigenvalue weighted by Crippen LogP contribution is -2.44. The van der Waals surface area contributed by atoms with Crippen molar-refractivity contribution in [2.75, 3.05) is 43.6 Å². The normalized spacial score (nSPS) is 15.7. The molecular formula is C19H23N3O4S. The van der Waals surface area contributed by atoms with E-state index in [1.54, 1.807) is 43.9 Å². The molecule has 1 aromatic carbocycles. The summed E-state index contributed by atoms with van der Waals surface area (Å²) in [5.74, 6) is 1.34. The molecule has 2 amide bonds. The number of ether oxygens (including phenoxy) is 1. The molecule has 1 fully saturated rings. The van der Waals surface area contributed by atoms with Crippen molar-refractivity contribution in [3.8, 4) is 5.75 Å². The number of methoxy groups -OCH3 is 1. The summed E-state index contributed by atoms with van der Waals surface area (Å²) in [4.78, 5) is 26.8. The molecule has 1 aliphatic rings. The topological polar surface area (TPSA) is 83.8 Å². The van der Waals surface area contributed by atoms with Gasteiger partial charge >= 0.3 is 11.8 Å². The highest BCUT2D eigenvalue weighted by atomic mass is 32.2. The predicted molar refractivity (Wildman–Crippen MR) is 105 cm³/mol. The van der Waals surface area contributed by atoms with Crippen LogP contribution >= 0.6 is 11.8 Å². The first kappa shape index (κ1) is 19.3. The minimum Gasteiger partial charge on any atom is -0.497 e. The third-order valence-corrected chi connectivity index (χ3v) is 5.35. The number of hydrogen-bond acceptors (Lipinski definition) is 6. The number of amides is 2. The molecule has 1 aromatic heterocycles. The van der Waals surface area contributed by atoms with Gasteiger partial charge < -0.3 is 19.8 Å². The summed E-state index contributed by atoms with van der Waals surface area (Å²) in [5.41, 5.74) is 1.50. The summed E-state index contributed by atoms with van der Waals surface area (Å²) >= 11 is 1.92. The Bertz CT molecular complexity index is 760. The van der Waals surface area contributed by atoms with Crippen LogP contribution in [0.25, 0.3) is 0 Å². The molecule has 0 bridgehead atoms. The van der Waals surface area contributed by atoms with Gasteiger partial charge in [0.25, 0.3) is 0 Å². The Morgan fingerprint density at radius 3 is 2.78 bits per heavy atom. The van der Waals surface area contributed by atoms with Crippen LogP contribution in [-0.4, -0.2) is 55.0 Å². The van der Waals surface area contributed by atoms with Gasteiger partial charge in [-0.25, -0.2) is 0 Å². The highest BCUT2D eigenvalue weighted by Gasteiger charge is 2.25. The molecule has 2 N–H and O–H groups in total. The second kappa shape index (κ2) is 9.48. The average molecular weight is 389 g/mol. The highest BCUT2D eigenvalue weighted by molar-refractivity contribution is 7.99. The summed E-state index contributed by atoms with van der Waals surface area (Å²) in [6.45, 7) is 2.22. The molecule has 27 heavy (non-hydrogen) atoms. The third kappa shape index (κ3) is 5.27. The second-order valence-corrected chi connectivity index (χ2v) is 7.34. The van der Waals surface area contributed by atoms with E-state index < -0.39 is 11.8 Å². The zero-order valence-electron chi connectivity index (χ0n) is 15.1. The van der Waals surface area contributed by atoms with E-state index in [1.165, 1.54) is 0 Å². The number of rotatable bonds is 6. The molecule has 8 heteroatoms. The van der Waals surface area contributed by atoms with Crippen LogP contribution < -0.4 is 15.4 Å². The summed E-state index contributed by atoms with van der Waals surface area (Å²) in [6, 6.07) is 8.75. The highest BCUT2D eigenvalue weighted by Crippen LogP contribution is 2.24. The Morgan fingerprint density at radius 2 is 2.07 bits per heavy atom. The number of benzene rings is 1. The van der Waals surface area contributed by atoms with Crippen molar-refractivity contribution in [1.29, 1.82) is 0 Å². The first-order valence-electron chi connectivity index (χ1n) is 8.74. The van der Waals surface area contributed by atoms with Gasteiger partial charge in [0, 0.05) is 48.5 Å². The van der Waals surface area contributed by atoms with Gasteiger partial charge in [-0.3, -0.25) is 14.5 Å². The summed E-state index contributed by atoms with van der Waals surface area (Å²) in [6.07, 6.45) is 3.31. The zero-order valence-corrected chi connectivity index (χ0v) is 16.0. The summed E-state index contributed by atoms with van der Waals surface area (Å²) < 4.78 is 10.3. The predicted octanol–water partition coefficient (Wildman–Crippen LogP) is 2.13. The van der Waals surface area contributed by atoms with Gasteiger partial charge in [-0.05, 0) is 18.2 Å². The van der Waals surface area contributed by atoms with E-state index in [4.69, 9.17) is 9.15 Å². The minimum absolute atomic E-state index is 0.0155.